The molecule has 0 fully saturated rings. The van der Waals surface area contributed by atoms with E-state index in [0.29, 0.717) is 28.0 Å². The van der Waals surface area contributed by atoms with E-state index in [-0.39, 0.29) is 23.0 Å². The largest absolute Gasteiger partial charge is 0.504 e. The Labute approximate surface area is 209 Å². The molecule has 0 aliphatic carbocycles. The minimum absolute atomic E-state index is 0. The lowest BCUT2D eigenvalue weighted by Gasteiger charge is -2.15. The van der Waals surface area contributed by atoms with Gasteiger partial charge in [-0.15, -0.1) is 0 Å². The van der Waals surface area contributed by atoms with Crippen molar-refractivity contribution >= 4 is 43.8 Å². The van der Waals surface area contributed by atoms with Crippen molar-refractivity contribution in [3.05, 3.63) is 71.1 Å². The van der Waals surface area contributed by atoms with Gasteiger partial charge in [-0.05, 0) is 56.1 Å². The molecule has 35 heavy (non-hydrogen) atoms. The van der Waals surface area contributed by atoms with Gasteiger partial charge in [-0.2, -0.15) is 0 Å². The molecular formula is C25H26ClFN4O3S. The average molecular weight is 517 g/mol. The molecule has 0 saturated carbocycles. The number of aromatic hydroxyl groups is 1. The molecule has 2 aromatic heterocycles. The average Bonchev–Trinajstić information content (AvgIpc) is 2.77. The fraction of sp³-hybridized carbons (Fsp3) is 0.200. The summed E-state index contributed by atoms with van der Waals surface area (Å²) in [5.74, 6) is -1.53. The van der Waals surface area contributed by atoms with Crippen molar-refractivity contribution in [3.63, 3.8) is 0 Å². The zero-order valence-corrected chi connectivity index (χ0v) is 20.2. The van der Waals surface area contributed by atoms with Crippen molar-refractivity contribution in [2.75, 3.05) is 25.7 Å². The van der Waals surface area contributed by atoms with Gasteiger partial charge in [0.25, 0.3) is 0 Å². The first kappa shape index (κ1) is 26.3. The third-order valence-electron chi connectivity index (χ3n) is 5.11. The van der Waals surface area contributed by atoms with E-state index in [1.807, 2.05) is 43.3 Å². The van der Waals surface area contributed by atoms with Crippen LogP contribution in [0.3, 0.4) is 0 Å². The topological polar surface area (TPSA) is 95.4 Å². The number of aromatic nitrogens is 2. The Morgan fingerprint density at radius 2 is 1.80 bits per heavy atom. The summed E-state index contributed by atoms with van der Waals surface area (Å²) in [6, 6.07) is 13.4. The molecule has 7 nitrogen and oxygen atoms in total. The van der Waals surface area contributed by atoms with Crippen LogP contribution in [0.5, 0.6) is 5.75 Å². The number of benzene rings is 2. The van der Waals surface area contributed by atoms with Gasteiger partial charge in [-0.25, -0.2) is 17.8 Å². The summed E-state index contributed by atoms with van der Waals surface area (Å²) in [6.45, 7) is 0.768. The van der Waals surface area contributed by atoms with E-state index in [1.165, 1.54) is 12.3 Å². The number of sulfone groups is 1. The van der Waals surface area contributed by atoms with E-state index >= 15 is 0 Å². The Balaban J connectivity index is 0.00000342. The lowest BCUT2D eigenvalue weighted by Crippen LogP contribution is -2.10. The fourth-order valence-corrected chi connectivity index (χ4v) is 4.50. The molecule has 0 radical (unpaired) electrons. The van der Waals surface area contributed by atoms with Crippen LogP contribution >= 0.6 is 11.6 Å². The number of fused-ring (bicyclic) bond motifs is 1. The van der Waals surface area contributed by atoms with Crippen LogP contribution in [-0.2, 0) is 16.4 Å². The van der Waals surface area contributed by atoms with Crippen LogP contribution in [0, 0.1) is 5.82 Å². The number of pyridine rings is 2. The number of anilines is 2. The summed E-state index contributed by atoms with van der Waals surface area (Å²) < 4.78 is 39.1. The van der Waals surface area contributed by atoms with E-state index in [4.69, 9.17) is 11.6 Å². The second-order valence-corrected chi connectivity index (χ2v) is 10.6. The molecule has 0 aliphatic heterocycles. The number of hydrogen-bond donors (Lipinski definition) is 2. The molecule has 2 heterocycles. The highest BCUT2D eigenvalue weighted by atomic mass is 35.5. The molecule has 0 atom stereocenters. The third kappa shape index (κ3) is 5.70. The van der Waals surface area contributed by atoms with Gasteiger partial charge in [0.15, 0.2) is 21.4 Å². The molecular weight excluding hydrogens is 491 g/mol. The number of phenolic OH excluding ortho intramolecular Hbond substituents is 1. The molecule has 0 unspecified atom stereocenters. The van der Waals surface area contributed by atoms with Crippen LogP contribution < -0.4 is 5.32 Å². The third-order valence-corrected chi connectivity index (χ3v) is 6.51. The molecule has 4 aromatic rings. The van der Waals surface area contributed by atoms with Gasteiger partial charge in [-0.1, -0.05) is 31.2 Å². The number of rotatable bonds is 6. The van der Waals surface area contributed by atoms with Crippen molar-refractivity contribution in [3.8, 4) is 17.0 Å². The van der Waals surface area contributed by atoms with Crippen molar-refractivity contribution < 1.29 is 17.9 Å². The van der Waals surface area contributed by atoms with Gasteiger partial charge in [0, 0.05) is 30.2 Å². The van der Waals surface area contributed by atoms with Crippen LogP contribution in [0.15, 0.2) is 59.6 Å². The zero-order valence-electron chi connectivity index (χ0n) is 18.7. The molecule has 184 valence electrons. The predicted molar refractivity (Wildman–Crippen MR) is 139 cm³/mol. The minimum Gasteiger partial charge on any atom is -0.504 e. The van der Waals surface area contributed by atoms with Crippen molar-refractivity contribution in [1.82, 2.24) is 14.9 Å². The van der Waals surface area contributed by atoms with Crippen molar-refractivity contribution in [1.29, 1.82) is 0 Å². The van der Waals surface area contributed by atoms with Crippen LogP contribution in [-0.4, -0.2) is 48.7 Å². The molecule has 10 heteroatoms. The number of hydrogen-bond acceptors (Lipinski definition) is 7. The summed E-state index contributed by atoms with van der Waals surface area (Å²) in [6.07, 6.45) is 2.39. The highest BCUT2D eigenvalue weighted by Crippen LogP contribution is 2.35. The number of halogens is 2. The molecule has 0 bridgehead atoms. The normalized spacial score (nSPS) is 11.5. The minimum atomic E-state index is -3.65. The maximum atomic E-state index is 14.1. The summed E-state index contributed by atoms with van der Waals surface area (Å²) in [7, 11) is 0.301. The molecule has 0 saturated heterocycles. The van der Waals surface area contributed by atoms with Gasteiger partial charge in [-0.3, -0.25) is 4.98 Å². The van der Waals surface area contributed by atoms with E-state index in [1.54, 1.807) is 12.1 Å². The standard InChI is InChI=1S/C24H22ClFN4O3S.CH4/c1-30(2)13-14-4-6-16(7-5-14)28-23-21(34(3,32)33)12-27-20-9-8-19(29-22(20)23)15-10-17(25)24(31)18(26)11-15;/h4-12,31H,13H2,1-3H3,(H,27,28);1H4. The molecule has 4 rings (SSSR count). The van der Waals surface area contributed by atoms with Gasteiger partial charge in [0.05, 0.1) is 21.9 Å². The quantitative estimate of drug-likeness (QED) is 0.342. The van der Waals surface area contributed by atoms with Crippen molar-refractivity contribution in [2.45, 2.75) is 18.9 Å². The lowest BCUT2D eigenvalue weighted by molar-refractivity contribution is 0.402. The second kappa shape index (κ2) is 10.2. The monoisotopic (exact) mass is 516 g/mol. The Bertz CT molecular complexity index is 1470. The number of nitrogens with zero attached hydrogens (tertiary/aromatic N) is 3. The van der Waals surface area contributed by atoms with Crippen LogP contribution in [0.1, 0.15) is 13.0 Å². The Morgan fingerprint density at radius 3 is 2.40 bits per heavy atom. The fourth-order valence-electron chi connectivity index (χ4n) is 3.53. The van der Waals surface area contributed by atoms with E-state index in [0.717, 1.165) is 24.4 Å². The molecule has 2 aromatic carbocycles. The van der Waals surface area contributed by atoms with Gasteiger partial charge in [0.1, 0.15) is 10.4 Å². The van der Waals surface area contributed by atoms with Crippen LogP contribution in [0.2, 0.25) is 5.02 Å². The number of phenols is 1. The lowest BCUT2D eigenvalue weighted by atomic mass is 10.1. The Morgan fingerprint density at radius 1 is 1.11 bits per heavy atom. The SMILES string of the molecule is C.CN(C)Cc1ccc(Nc2c(S(C)(=O)=O)cnc3ccc(-c4cc(F)c(O)c(Cl)c4)nc23)cc1. The van der Waals surface area contributed by atoms with E-state index < -0.39 is 21.4 Å². The number of nitrogens with one attached hydrogen (secondary N) is 1. The summed E-state index contributed by atoms with van der Waals surface area (Å²) >= 11 is 5.93. The molecule has 0 spiro atoms. The smallest absolute Gasteiger partial charge is 0.179 e. The first-order valence-corrected chi connectivity index (χ1v) is 12.5. The van der Waals surface area contributed by atoms with E-state index in [9.17, 15) is 17.9 Å². The van der Waals surface area contributed by atoms with Gasteiger partial charge >= 0.3 is 0 Å². The predicted octanol–water partition coefficient (Wildman–Crippen LogP) is 5.64. The highest BCUT2D eigenvalue weighted by Gasteiger charge is 2.20. The van der Waals surface area contributed by atoms with Crippen molar-refractivity contribution in [2.24, 2.45) is 0 Å². The molecule has 0 aliphatic rings. The maximum Gasteiger partial charge on any atom is 0.179 e. The zero-order chi connectivity index (χ0) is 24.6. The summed E-state index contributed by atoms with van der Waals surface area (Å²) in [5, 5.41) is 12.7. The first-order chi connectivity index (χ1) is 16.0. The Kier molecular flexibility index (Phi) is 7.64. The van der Waals surface area contributed by atoms with Gasteiger partial charge in [0.2, 0.25) is 0 Å². The molecule has 2 N–H and O–H groups in total. The summed E-state index contributed by atoms with van der Waals surface area (Å²) in [5.41, 5.74) is 3.45. The molecule has 0 amide bonds. The second-order valence-electron chi connectivity index (χ2n) is 8.18. The van der Waals surface area contributed by atoms with Crippen LogP contribution in [0.4, 0.5) is 15.8 Å². The van der Waals surface area contributed by atoms with Gasteiger partial charge < -0.3 is 15.3 Å². The first-order valence-electron chi connectivity index (χ1n) is 10.2. The summed E-state index contributed by atoms with van der Waals surface area (Å²) in [4.78, 5) is 10.9. The highest BCUT2D eigenvalue weighted by molar-refractivity contribution is 7.90. The van der Waals surface area contributed by atoms with Crippen LogP contribution in [0.25, 0.3) is 22.3 Å². The van der Waals surface area contributed by atoms with E-state index in [2.05, 4.69) is 15.3 Å². The Hall–Kier alpha value is -3.27. The maximum absolute atomic E-state index is 14.1.